The van der Waals surface area contributed by atoms with Gasteiger partial charge in [0.1, 0.15) is 0 Å². The standard InChI is InChI=1S/C15H20Cl2N2O/c1-2-6-15(7-9-18-10-8-15)14(20)19-12-5-3-4-11(16)13(12)17/h3-5,18H,2,6-10H2,1H3,(H,19,20). The van der Waals surface area contributed by atoms with Gasteiger partial charge in [0.2, 0.25) is 5.91 Å². The highest BCUT2D eigenvalue weighted by Gasteiger charge is 2.38. The van der Waals surface area contributed by atoms with Gasteiger partial charge in [-0.15, -0.1) is 0 Å². The fraction of sp³-hybridized carbons (Fsp3) is 0.533. The van der Waals surface area contributed by atoms with Gasteiger partial charge in [0.15, 0.2) is 0 Å². The van der Waals surface area contributed by atoms with E-state index in [1.165, 1.54) is 0 Å². The lowest BCUT2D eigenvalue weighted by Gasteiger charge is -2.36. The number of amides is 1. The Hall–Kier alpha value is -0.770. The number of rotatable bonds is 4. The zero-order valence-corrected chi connectivity index (χ0v) is 13.2. The molecule has 5 heteroatoms. The van der Waals surface area contributed by atoms with Crippen molar-refractivity contribution in [2.75, 3.05) is 18.4 Å². The van der Waals surface area contributed by atoms with Crippen LogP contribution < -0.4 is 10.6 Å². The summed E-state index contributed by atoms with van der Waals surface area (Å²) in [4.78, 5) is 12.7. The number of piperidine rings is 1. The van der Waals surface area contributed by atoms with Crippen molar-refractivity contribution in [3.05, 3.63) is 28.2 Å². The number of nitrogens with one attached hydrogen (secondary N) is 2. The first-order chi connectivity index (χ1) is 9.59. The quantitative estimate of drug-likeness (QED) is 0.878. The van der Waals surface area contributed by atoms with Crippen molar-refractivity contribution in [3.63, 3.8) is 0 Å². The van der Waals surface area contributed by atoms with Crippen LogP contribution in [0.25, 0.3) is 0 Å². The number of hydrogen-bond acceptors (Lipinski definition) is 2. The van der Waals surface area contributed by atoms with Crippen LogP contribution in [0, 0.1) is 5.41 Å². The molecule has 0 unspecified atom stereocenters. The Bertz CT molecular complexity index is 479. The van der Waals surface area contributed by atoms with Crippen molar-refractivity contribution in [1.82, 2.24) is 5.32 Å². The third-order valence-electron chi connectivity index (χ3n) is 3.97. The molecule has 0 aromatic heterocycles. The summed E-state index contributed by atoms with van der Waals surface area (Å²) < 4.78 is 0. The van der Waals surface area contributed by atoms with Crippen LogP contribution in [0.2, 0.25) is 10.0 Å². The van der Waals surface area contributed by atoms with Crippen LogP contribution in [0.3, 0.4) is 0 Å². The third kappa shape index (κ3) is 3.27. The summed E-state index contributed by atoms with van der Waals surface area (Å²) in [5, 5.41) is 7.14. The van der Waals surface area contributed by atoms with Crippen LogP contribution in [0.5, 0.6) is 0 Å². The summed E-state index contributed by atoms with van der Waals surface area (Å²) in [6, 6.07) is 5.29. The average Bonchev–Trinajstić information content (AvgIpc) is 2.45. The van der Waals surface area contributed by atoms with E-state index in [2.05, 4.69) is 17.6 Å². The second-order valence-electron chi connectivity index (χ2n) is 5.34. The molecule has 1 fully saturated rings. The lowest BCUT2D eigenvalue weighted by molar-refractivity contribution is -0.127. The molecule has 110 valence electrons. The van der Waals surface area contributed by atoms with Crippen molar-refractivity contribution in [3.8, 4) is 0 Å². The molecule has 1 saturated heterocycles. The Balaban J connectivity index is 2.18. The van der Waals surface area contributed by atoms with Gasteiger partial charge in [-0.2, -0.15) is 0 Å². The van der Waals surface area contributed by atoms with Gasteiger partial charge in [-0.25, -0.2) is 0 Å². The Labute approximate surface area is 130 Å². The van der Waals surface area contributed by atoms with E-state index in [1.54, 1.807) is 18.2 Å². The fourth-order valence-electron chi connectivity index (χ4n) is 2.83. The van der Waals surface area contributed by atoms with E-state index < -0.39 is 0 Å². The average molecular weight is 315 g/mol. The molecule has 0 atom stereocenters. The Morgan fingerprint density at radius 1 is 1.35 bits per heavy atom. The molecule has 1 aromatic rings. The fourth-order valence-corrected chi connectivity index (χ4v) is 3.18. The zero-order chi connectivity index (χ0) is 14.6. The number of halogens is 2. The van der Waals surface area contributed by atoms with E-state index in [9.17, 15) is 4.79 Å². The molecule has 0 bridgehead atoms. The maximum atomic E-state index is 12.7. The molecule has 0 saturated carbocycles. The van der Waals surface area contributed by atoms with Gasteiger partial charge >= 0.3 is 0 Å². The van der Waals surface area contributed by atoms with Gasteiger partial charge in [0.25, 0.3) is 0 Å². The Kier molecular flexibility index (Phi) is 5.30. The molecule has 1 heterocycles. The molecule has 2 N–H and O–H groups in total. The largest absolute Gasteiger partial charge is 0.324 e. The van der Waals surface area contributed by atoms with Gasteiger partial charge in [-0.3, -0.25) is 4.79 Å². The molecular weight excluding hydrogens is 295 g/mol. The Morgan fingerprint density at radius 2 is 2.05 bits per heavy atom. The van der Waals surface area contributed by atoms with Gasteiger partial charge in [0.05, 0.1) is 21.1 Å². The maximum Gasteiger partial charge on any atom is 0.230 e. The van der Waals surface area contributed by atoms with Crippen LogP contribution in [0.15, 0.2) is 18.2 Å². The summed E-state index contributed by atoms with van der Waals surface area (Å²) in [7, 11) is 0. The second-order valence-corrected chi connectivity index (χ2v) is 6.12. The number of hydrogen-bond donors (Lipinski definition) is 2. The SMILES string of the molecule is CCCC1(C(=O)Nc2cccc(Cl)c2Cl)CCNCC1. The lowest BCUT2D eigenvalue weighted by Crippen LogP contribution is -2.44. The second kappa shape index (κ2) is 6.79. The van der Waals surface area contributed by atoms with E-state index in [-0.39, 0.29) is 11.3 Å². The molecule has 0 aliphatic carbocycles. The van der Waals surface area contributed by atoms with Gasteiger partial charge in [-0.05, 0) is 44.5 Å². The first-order valence-corrected chi connectivity index (χ1v) is 7.81. The van der Waals surface area contributed by atoms with E-state index in [4.69, 9.17) is 23.2 Å². The highest BCUT2D eigenvalue weighted by Crippen LogP contribution is 2.37. The van der Waals surface area contributed by atoms with Crippen molar-refractivity contribution in [2.45, 2.75) is 32.6 Å². The van der Waals surface area contributed by atoms with E-state index in [1.807, 2.05) is 0 Å². The number of anilines is 1. The number of carbonyl (C=O) groups is 1. The molecule has 20 heavy (non-hydrogen) atoms. The molecule has 3 nitrogen and oxygen atoms in total. The normalized spacial score (nSPS) is 17.8. The molecule has 1 aliphatic rings. The molecule has 2 rings (SSSR count). The monoisotopic (exact) mass is 314 g/mol. The van der Waals surface area contributed by atoms with E-state index in [0.29, 0.717) is 15.7 Å². The summed E-state index contributed by atoms with van der Waals surface area (Å²) in [6.45, 7) is 3.89. The third-order valence-corrected chi connectivity index (χ3v) is 4.79. The summed E-state index contributed by atoms with van der Waals surface area (Å²) in [6.07, 6.45) is 3.63. The molecule has 1 aliphatic heterocycles. The molecule has 1 amide bonds. The highest BCUT2D eigenvalue weighted by atomic mass is 35.5. The molecule has 1 aromatic carbocycles. The first kappa shape index (κ1) is 15.6. The van der Waals surface area contributed by atoms with Crippen molar-refractivity contribution in [1.29, 1.82) is 0 Å². The van der Waals surface area contributed by atoms with Crippen LogP contribution >= 0.6 is 23.2 Å². The lowest BCUT2D eigenvalue weighted by atomic mass is 9.74. The Morgan fingerprint density at radius 3 is 2.70 bits per heavy atom. The van der Waals surface area contributed by atoms with Gasteiger partial charge in [0, 0.05) is 0 Å². The minimum absolute atomic E-state index is 0.0602. The molecule has 0 radical (unpaired) electrons. The van der Waals surface area contributed by atoms with Crippen LogP contribution in [0.4, 0.5) is 5.69 Å². The van der Waals surface area contributed by atoms with Crippen molar-refractivity contribution >= 4 is 34.8 Å². The van der Waals surface area contributed by atoms with E-state index in [0.717, 1.165) is 38.8 Å². The number of benzene rings is 1. The summed E-state index contributed by atoms with van der Waals surface area (Å²) in [5.41, 5.74) is 0.309. The maximum absolute atomic E-state index is 12.7. The van der Waals surface area contributed by atoms with Gasteiger partial charge in [-0.1, -0.05) is 42.6 Å². The summed E-state index contributed by atoms with van der Waals surface area (Å²) in [5.74, 6) is 0.0602. The van der Waals surface area contributed by atoms with Crippen LogP contribution in [-0.2, 0) is 4.79 Å². The minimum atomic E-state index is -0.286. The molecular formula is C15H20Cl2N2O. The van der Waals surface area contributed by atoms with Crippen LogP contribution in [-0.4, -0.2) is 19.0 Å². The first-order valence-electron chi connectivity index (χ1n) is 7.05. The van der Waals surface area contributed by atoms with Gasteiger partial charge < -0.3 is 10.6 Å². The van der Waals surface area contributed by atoms with Crippen molar-refractivity contribution in [2.24, 2.45) is 5.41 Å². The smallest absolute Gasteiger partial charge is 0.230 e. The molecule has 0 spiro atoms. The van der Waals surface area contributed by atoms with Crippen molar-refractivity contribution < 1.29 is 4.79 Å². The van der Waals surface area contributed by atoms with Crippen LogP contribution in [0.1, 0.15) is 32.6 Å². The predicted octanol–water partition coefficient (Wildman–Crippen LogP) is 4.10. The number of carbonyl (C=O) groups excluding carboxylic acids is 1. The van der Waals surface area contributed by atoms with E-state index >= 15 is 0 Å². The predicted molar refractivity (Wildman–Crippen MR) is 84.5 cm³/mol. The zero-order valence-electron chi connectivity index (χ0n) is 11.6. The summed E-state index contributed by atoms with van der Waals surface area (Å²) >= 11 is 12.1. The minimum Gasteiger partial charge on any atom is -0.324 e. The highest BCUT2D eigenvalue weighted by molar-refractivity contribution is 6.44. The topological polar surface area (TPSA) is 41.1 Å².